The van der Waals surface area contributed by atoms with Crippen LogP contribution in [0, 0.1) is 27.7 Å². The van der Waals surface area contributed by atoms with Gasteiger partial charge in [0.2, 0.25) is 0 Å². The van der Waals surface area contributed by atoms with Gasteiger partial charge in [0.1, 0.15) is 0 Å². The molecular weight excluding hydrogens is 184 g/mol. The van der Waals surface area contributed by atoms with E-state index in [4.69, 9.17) is 0 Å². The second kappa shape index (κ2) is 3.48. The standard InChI is InChI=1S/C14H18O/c1-8-9(2)11(4)14-12(10(8)3)6-5-7-13(14)15/h5-7H2,1-4H3. The summed E-state index contributed by atoms with van der Waals surface area (Å²) in [6.07, 6.45) is 2.83. The number of hydrogen-bond donors (Lipinski definition) is 0. The Hall–Kier alpha value is -1.11. The van der Waals surface area contributed by atoms with Crippen LogP contribution in [0.25, 0.3) is 0 Å². The van der Waals surface area contributed by atoms with Crippen LogP contribution in [0.2, 0.25) is 0 Å². The molecule has 1 aromatic rings. The van der Waals surface area contributed by atoms with Gasteiger partial charge in [-0.05, 0) is 68.4 Å². The van der Waals surface area contributed by atoms with Gasteiger partial charge in [0, 0.05) is 12.0 Å². The molecule has 1 aliphatic carbocycles. The van der Waals surface area contributed by atoms with Crippen molar-refractivity contribution >= 4 is 5.78 Å². The fraction of sp³-hybridized carbons (Fsp3) is 0.500. The van der Waals surface area contributed by atoms with Crippen LogP contribution >= 0.6 is 0 Å². The first-order chi connectivity index (χ1) is 7.04. The van der Waals surface area contributed by atoms with Gasteiger partial charge in [-0.15, -0.1) is 0 Å². The van der Waals surface area contributed by atoms with Crippen LogP contribution in [0.15, 0.2) is 0 Å². The van der Waals surface area contributed by atoms with E-state index in [1.165, 1.54) is 27.8 Å². The number of benzene rings is 1. The molecule has 0 fully saturated rings. The van der Waals surface area contributed by atoms with Gasteiger partial charge in [0.25, 0.3) is 0 Å². The first kappa shape index (κ1) is 10.4. The Balaban J connectivity index is 2.80. The van der Waals surface area contributed by atoms with Gasteiger partial charge in [-0.2, -0.15) is 0 Å². The van der Waals surface area contributed by atoms with Gasteiger partial charge in [-0.3, -0.25) is 4.79 Å². The molecule has 0 heterocycles. The van der Waals surface area contributed by atoms with E-state index in [-0.39, 0.29) is 0 Å². The highest BCUT2D eigenvalue weighted by Crippen LogP contribution is 2.31. The fourth-order valence-electron chi connectivity index (χ4n) is 2.63. The molecule has 1 aliphatic rings. The van der Waals surface area contributed by atoms with Crippen LogP contribution in [0.1, 0.15) is 51.0 Å². The lowest BCUT2D eigenvalue weighted by Crippen LogP contribution is -2.16. The minimum Gasteiger partial charge on any atom is -0.294 e. The molecule has 1 nitrogen and oxygen atoms in total. The number of ketones is 1. The molecule has 1 heteroatoms. The van der Waals surface area contributed by atoms with Crippen LogP contribution in [0.5, 0.6) is 0 Å². The summed E-state index contributed by atoms with van der Waals surface area (Å²) in [5.74, 6) is 0.347. The summed E-state index contributed by atoms with van der Waals surface area (Å²) in [7, 11) is 0. The molecular formula is C14H18O. The Kier molecular flexibility index (Phi) is 2.41. The zero-order valence-electron chi connectivity index (χ0n) is 10.0. The summed E-state index contributed by atoms with van der Waals surface area (Å²) in [5, 5.41) is 0. The van der Waals surface area contributed by atoms with E-state index in [2.05, 4.69) is 27.7 Å². The van der Waals surface area contributed by atoms with Crippen molar-refractivity contribution in [3.8, 4) is 0 Å². The Bertz CT molecular complexity index is 441. The summed E-state index contributed by atoms with van der Waals surface area (Å²) in [4.78, 5) is 11.9. The highest BCUT2D eigenvalue weighted by atomic mass is 16.1. The number of hydrogen-bond acceptors (Lipinski definition) is 1. The Labute approximate surface area is 91.5 Å². The molecule has 1 aromatic carbocycles. The molecule has 0 aliphatic heterocycles. The van der Waals surface area contributed by atoms with E-state index in [1.807, 2.05) is 0 Å². The Morgan fingerprint density at radius 3 is 2.07 bits per heavy atom. The molecule has 0 amide bonds. The first-order valence-corrected chi connectivity index (χ1v) is 5.66. The molecule has 0 unspecified atom stereocenters. The van der Waals surface area contributed by atoms with Crippen LogP contribution in [0.3, 0.4) is 0 Å². The highest BCUT2D eigenvalue weighted by molar-refractivity contribution is 6.00. The molecule has 0 radical (unpaired) electrons. The van der Waals surface area contributed by atoms with Crippen LogP contribution in [0.4, 0.5) is 0 Å². The average molecular weight is 202 g/mol. The van der Waals surface area contributed by atoms with Gasteiger partial charge in [0.05, 0.1) is 0 Å². The Morgan fingerprint density at radius 2 is 1.40 bits per heavy atom. The summed E-state index contributed by atoms with van der Waals surface area (Å²) in [6, 6.07) is 0. The van der Waals surface area contributed by atoms with Crippen molar-refractivity contribution in [1.82, 2.24) is 0 Å². The van der Waals surface area contributed by atoms with E-state index < -0.39 is 0 Å². The molecule has 0 bridgehead atoms. The number of carbonyl (C=O) groups is 1. The maximum atomic E-state index is 11.9. The fourth-order valence-corrected chi connectivity index (χ4v) is 2.63. The number of fused-ring (bicyclic) bond motifs is 1. The van der Waals surface area contributed by atoms with Crippen molar-refractivity contribution in [3.63, 3.8) is 0 Å². The van der Waals surface area contributed by atoms with Crippen molar-refractivity contribution in [2.75, 3.05) is 0 Å². The third kappa shape index (κ3) is 1.41. The van der Waals surface area contributed by atoms with Crippen molar-refractivity contribution in [2.45, 2.75) is 47.0 Å². The third-order valence-corrected chi connectivity index (χ3v) is 3.93. The lowest BCUT2D eigenvalue weighted by molar-refractivity contribution is 0.0971. The molecule has 0 saturated heterocycles. The van der Waals surface area contributed by atoms with Crippen LogP contribution in [-0.4, -0.2) is 5.78 Å². The zero-order chi connectivity index (χ0) is 11.2. The molecule has 0 atom stereocenters. The summed E-state index contributed by atoms with van der Waals surface area (Å²) in [6.45, 7) is 8.53. The first-order valence-electron chi connectivity index (χ1n) is 5.66. The van der Waals surface area contributed by atoms with E-state index >= 15 is 0 Å². The normalized spacial score (nSPS) is 15.3. The molecule has 0 aromatic heterocycles. The van der Waals surface area contributed by atoms with E-state index in [1.54, 1.807) is 0 Å². The lowest BCUT2D eigenvalue weighted by atomic mass is 9.81. The highest BCUT2D eigenvalue weighted by Gasteiger charge is 2.23. The summed E-state index contributed by atoms with van der Waals surface area (Å²) in [5.41, 5.74) is 7.54. The maximum absolute atomic E-state index is 11.9. The average Bonchev–Trinajstić information content (AvgIpc) is 2.23. The summed E-state index contributed by atoms with van der Waals surface area (Å²) >= 11 is 0. The van der Waals surface area contributed by atoms with Gasteiger partial charge in [-0.25, -0.2) is 0 Å². The zero-order valence-corrected chi connectivity index (χ0v) is 10.0. The predicted molar refractivity (Wildman–Crippen MR) is 62.7 cm³/mol. The molecule has 0 spiro atoms. The quantitative estimate of drug-likeness (QED) is 0.630. The SMILES string of the molecule is Cc1c(C)c(C)c2c(c1C)CCCC2=O. The van der Waals surface area contributed by atoms with Crippen molar-refractivity contribution < 1.29 is 4.79 Å². The van der Waals surface area contributed by atoms with E-state index in [0.29, 0.717) is 5.78 Å². The predicted octanol–water partition coefficient (Wildman–Crippen LogP) is 3.44. The smallest absolute Gasteiger partial charge is 0.163 e. The van der Waals surface area contributed by atoms with Gasteiger partial charge in [0.15, 0.2) is 5.78 Å². The molecule has 0 saturated carbocycles. The van der Waals surface area contributed by atoms with Gasteiger partial charge < -0.3 is 0 Å². The number of rotatable bonds is 0. The molecule has 80 valence electrons. The van der Waals surface area contributed by atoms with E-state index in [0.717, 1.165) is 24.8 Å². The molecule has 15 heavy (non-hydrogen) atoms. The molecule has 0 N–H and O–H groups in total. The minimum absolute atomic E-state index is 0.347. The number of Topliss-reactive ketones (excluding diaryl/α,β-unsaturated/α-hetero) is 1. The summed E-state index contributed by atoms with van der Waals surface area (Å²) < 4.78 is 0. The maximum Gasteiger partial charge on any atom is 0.163 e. The largest absolute Gasteiger partial charge is 0.294 e. The van der Waals surface area contributed by atoms with Crippen molar-refractivity contribution in [1.29, 1.82) is 0 Å². The van der Waals surface area contributed by atoms with Gasteiger partial charge in [-0.1, -0.05) is 0 Å². The Morgan fingerprint density at radius 1 is 0.800 bits per heavy atom. The van der Waals surface area contributed by atoms with Crippen molar-refractivity contribution in [2.24, 2.45) is 0 Å². The van der Waals surface area contributed by atoms with Crippen molar-refractivity contribution in [3.05, 3.63) is 33.4 Å². The van der Waals surface area contributed by atoms with Crippen LogP contribution < -0.4 is 0 Å². The monoisotopic (exact) mass is 202 g/mol. The minimum atomic E-state index is 0.347. The third-order valence-electron chi connectivity index (χ3n) is 3.93. The van der Waals surface area contributed by atoms with Crippen LogP contribution in [-0.2, 0) is 6.42 Å². The topological polar surface area (TPSA) is 17.1 Å². The molecule has 2 rings (SSSR count). The lowest BCUT2D eigenvalue weighted by Gasteiger charge is -2.23. The second-order valence-electron chi connectivity index (χ2n) is 4.63. The second-order valence-corrected chi connectivity index (χ2v) is 4.63. The number of carbonyl (C=O) groups excluding carboxylic acids is 1. The van der Waals surface area contributed by atoms with Gasteiger partial charge >= 0.3 is 0 Å². The van der Waals surface area contributed by atoms with E-state index in [9.17, 15) is 4.79 Å².